The van der Waals surface area contributed by atoms with Gasteiger partial charge in [-0.15, -0.1) is 0 Å². The van der Waals surface area contributed by atoms with Gasteiger partial charge in [-0.25, -0.2) is 9.50 Å². The Hall–Kier alpha value is -3.29. The van der Waals surface area contributed by atoms with Crippen molar-refractivity contribution in [2.75, 3.05) is 5.32 Å². The van der Waals surface area contributed by atoms with Crippen molar-refractivity contribution >= 4 is 23.3 Å². The zero-order valence-corrected chi connectivity index (χ0v) is 17.9. The van der Waals surface area contributed by atoms with Crippen LogP contribution in [-0.4, -0.2) is 31.4 Å². The predicted octanol–water partition coefficient (Wildman–Crippen LogP) is 2.97. The second kappa shape index (κ2) is 9.47. The van der Waals surface area contributed by atoms with Gasteiger partial charge in [0.2, 0.25) is 11.8 Å². The number of fused-ring (bicyclic) bond motifs is 1. The Balaban J connectivity index is 1.55. The van der Waals surface area contributed by atoms with E-state index in [1.54, 1.807) is 4.52 Å². The molecule has 2 N–H and O–H groups in total. The van der Waals surface area contributed by atoms with Gasteiger partial charge in [0.15, 0.2) is 0 Å². The minimum Gasteiger partial charge on any atom is -0.352 e. The highest BCUT2D eigenvalue weighted by Crippen LogP contribution is 2.16. The van der Waals surface area contributed by atoms with Gasteiger partial charge in [-0.2, -0.15) is 10.1 Å². The number of rotatable bonds is 8. The number of aryl methyl sites for hydroxylation is 2. The summed E-state index contributed by atoms with van der Waals surface area (Å²) in [6.07, 6.45) is 3.20. The van der Waals surface area contributed by atoms with Crippen LogP contribution in [0.25, 0.3) is 5.78 Å². The average molecular weight is 409 g/mol. The Morgan fingerprint density at radius 2 is 2.03 bits per heavy atom. The highest BCUT2D eigenvalue weighted by atomic mass is 16.2. The number of aromatic nitrogens is 4. The molecule has 3 rings (SSSR count). The van der Waals surface area contributed by atoms with Crippen LogP contribution in [0.5, 0.6) is 0 Å². The number of benzene rings is 1. The molecule has 158 valence electrons. The fraction of sp³-hybridized carbons (Fsp3) is 0.409. The number of carbonyl (C=O) groups is 2. The van der Waals surface area contributed by atoms with Crippen molar-refractivity contribution in [1.29, 1.82) is 0 Å². The van der Waals surface area contributed by atoms with Crippen molar-refractivity contribution in [2.45, 2.75) is 53.5 Å². The molecule has 0 bridgehead atoms. The van der Waals surface area contributed by atoms with Gasteiger partial charge >= 0.3 is 0 Å². The molecule has 1 atom stereocenters. The topological polar surface area (TPSA) is 101 Å². The van der Waals surface area contributed by atoms with E-state index in [2.05, 4.69) is 25.7 Å². The Bertz CT molecular complexity index is 1060. The SMILES string of the molecule is CCC(C)C(=O)Nc1cccc(CNC(=O)CCc2c(C)nc3ncnn3c2C)c1. The number of hydrogen-bond donors (Lipinski definition) is 2. The molecule has 30 heavy (non-hydrogen) atoms. The lowest BCUT2D eigenvalue weighted by atomic mass is 10.1. The lowest BCUT2D eigenvalue weighted by Crippen LogP contribution is -2.24. The van der Waals surface area contributed by atoms with E-state index >= 15 is 0 Å². The smallest absolute Gasteiger partial charge is 0.252 e. The van der Waals surface area contributed by atoms with Gasteiger partial charge in [0, 0.05) is 36.0 Å². The first-order valence-electron chi connectivity index (χ1n) is 10.2. The second-order valence-corrected chi connectivity index (χ2v) is 7.51. The van der Waals surface area contributed by atoms with Gasteiger partial charge in [-0.1, -0.05) is 26.0 Å². The van der Waals surface area contributed by atoms with E-state index in [0.717, 1.165) is 34.6 Å². The van der Waals surface area contributed by atoms with E-state index in [-0.39, 0.29) is 17.7 Å². The van der Waals surface area contributed by atoms with Crippen LogP contribution in [0.3, 0.4) is 0 Å². The normalized spacial score (nSPS) is 12.0. The van der Waals surface area contributed by atoms with Crippen molar-refractivity contribution in [3.05, 3.63) is 53.1 Å². The molecular formula is C22H28N6O2. The fourth-order valence-corrected chi connectivity index (χ4v) is 3.25. The standard InChI is InChI=1S/C22H28N6O2/c1-5-14(2)21(30)27-18-8-6-7-17(11-18)12-23-20(29)10-9-19-15(3)26-22-24-13-25-28(22)16(19)4/h6-8,11,13-14H,5,9-10,12H2,1-4H3,(H,23,29)(H,27,30). The van der Waals surface area contributed by atoms with Crippen molar-refractivity contribution in [3.63, 3.8) is 0 Å². The molecule has 2 aromatic heterocycles. The first kappa shape index (κ1) is 21.4. The van der Waals surface area contributed by atoms with Crippen LogP contribution in [0.2, 0.25) is 0 Å². The van der Waals surface area contributed by atoms with Crippen molar-refractivity contribution in [3.8, 4) is 0 Å². The van der Waals surface area contributed by atoms with E-state index < -0.39 is 0 Å². The van der Waals surface area contributed by atoms with Gasteiger partial charge in [0.1, 0.15) is 6.33 Å². The molecule has 0 aliphatic carbocycles. The number of carbonyl (C=O) groups excluding carboxylic acids is 2. The molecule has 2 heterocycles. The molecule has 0 radical (unpaired) electrons. The van der Waals surface area contributed by atoms with Crippen LogP contribution in [0.1, 0.15) is 49.2 Å². The fourth-order valence-electron chi connectivity index (χ4n) is 3.25. The Labute approximate surface area is 176 Å². The number of amides is 2. The van der Waals surface area contributed by atoms with Crippen molar-refractivity contribution in [2.24, 2.45) is 5.92 Å². The monoisotopic (exact) mass is 408 g/mol. The Morgan fingerprint density at radius 1 is 1.23 bits per heavy atom. The summed E-state index contributed by atoms with van der Waals surface area (Å²) < 4.78 is 1.69. The summed E-state index contributed by atoms with van der Waals surface area (Å²) in [5, 5.41) is 10.0. The molecule has 8 heteroatoms. The van der Waals surface area contributed by atoms with E-state index in [1.807, 2.05) is 52.0 Å². The van der Waals surface area contributed by atoms with E-state index in [0.29, 0.717) is 25.2 Å². The van der Waals surface area contributed by atoms with Crippen LogP contribution >= 0.6 is 0 Å². The van der Waals surface area contributed by atoms with Crippen LogP contribution in [0.4, 0.5) is 5.69 Å². The molecular weight excluding hydrogens is 380 g/mol. The lowest BCUT2D eigenvalue weighted by Gasteiger charge is -2.12. The van der Waals surface area contributed by atoms with Gasteiger partial charge < -0.3 is 10.6 Å². The molecule has 0 spiro atoms. The first-order chi connectivity index (χ1) is 14.4. The Morgan fingerprint density at radius 3 is 2.80 bits per heavy atom. The van der Waals surface area contributed by atoms with Crippen LogP contribution < -0.4 is 10.6 Å². The largest absolute Gasteiger partial charge is 0.352 e. The second-order valence-electron chi connectivity index (χ2n) is 7.51. The number of hydrogen-bond acceptors (Lipinski definition) is 5. The van der Waals surface area contributed by atoms with Crippen molar-refractivity contribution < 1.29 is 9.59 Å². The molecule has 8 nitrogen and oxygen atoms in total. The molecule has 0 saturated carbocycles. The summed E-state index contributed by atoms with van der Waals surface area (Å²) in [5.41, 5.74) is 4.50. The van der Waals surface area contributed by atoms with Gasteiger partial charge in [-0.05, 0) is 49.9 Å². The van der Waals surface area contributed by atoms with Gasteiger partial charge in [0.05, 0.1) is 0 Å². The minimum atomic E-state index is -0.0402. The third-order valence-corrected chi connectivity index (χ3v) is 5.33. The predicted molar refractivity (Wildman–Crippen MR) is 115 cm³/mol. The average Bonchev–Trinajstić information content (AvgIpc) is 3.20. The molecule has 0 fully saturated rings. The number of nitrogens with zero attached hydrogens (tertiary/aromatic N) is 4. The lowest BCUT2D eigenvalue weighted by molar-refractivity contribution is -0.121. The van der Waals surface area contributed by atoms with Crippen molar-refractivity contribution in [1.82, 2.24) is 24.9 Å². The van der Waals surface area contributed by atoms with Crippen LogP contribution in [0, 0.1) is 19.8 Å². The third-order valence-electron chi connectivity index (χ3n) is 5.33. The molecule has 0 saturated heterocycles. The molecule has 1 unspecified atom stereocenters. The summed E-state index contributed by atoms with van der Waals surface area (Å²) in [6, 6.07) is 7.54. The summed E-state index contributed by atoms with van der Waals surface area (Å²) in [6.45, 7) is 8.18. The highest BCUT2D eigenvalue weighted by molar-refractivity contribution is 5.92. The summed E-state index contributed by atoms with van der Waals surface area (Å²) in [7, 11) is 0. The summed E-state index contributed by atoms with van der Waals surface area (Å²) in [5.74, 6) is 0.494. The summed E-state index contributed by atoms with van der Waals surface area (Å²) >= 11 is 0. The highest BCUT2D eigenvalue weighted by Gasteiger charge is 2.13. The van der Waals surface area contributed by atoms with Gasteiger partial charge in [0.25, 0.3) is 5.78 Å². The van der Waals surface area contributed by atoms with E-state index in [9.17, 15) is 9.59 Å². The Kier molecular flexibility index (Phi) is 6.76. The third kappa shape index (κ3) is 5.00. The zero-order chi connectivity index (χ0) is 21.7. The molecule has 3 aromatic rings. The van der Waals surface area contributed by atoms with E-state index in [4.69, 9.17) is 0 Å². The zero-order valence-electron chi connectivity index (χ0n) is 17.9. The van der Waals surface area contributed by atoms with Gasteiger partial charge in [-0.3, -0.25) is 9.59 Å². The van der Waals surface area contributed by atoms with E-state index in [1.165, 1.54) is 6.33 Å². The molecule has 0 aliphatic rings. The molecule has 1 aromatic carbocycles. The molecule has 0 aliphatic heterocycles. The quantitative estimate of drug-likeness (QED) is 0.597. The number of anilines is 1. The molecule has 2 amide bonds. The maximum atomic E-state index is 12.4. The summed E-state index contributed by atoms with van der Waals surface area (Å²) in [4.78, 5) is 33.0. The minimum absolute atomic E-state index is 0.00221. The maximum absolute atomic E-state index is 12.4. The van der Waals surface area contributed by atoms with Crippen LogP contribution in [-0.2, 0) is 22.6 Å². The maximum Gasteiger partial charge on any atom is 0.252 e. The van der Waals surface area contributed by atoms with Crippen LogP contribution in [0.15, 0.2) is 30.6 Å². The number of nitrogens with one attached hydrogen (secondary N) is 2. The first-order valence-corrected chi connectivity index (χ1v) is 10.2.